The molecule has 2 aromatic carbocycles. The lowest BCUT2D eigenvalue weighted by Crippen LogP contribution is -2.55. The van der Waals surface area contributed by atoms with Gasteiger partial charge in [0.2, 0.25) is 5.91 Å². The number of hydrogen-bond acceptors (Lipinski definition) is 4. The van der Waals surface area contributed by atoms with Gasteiger partial charge in [-0.1, -0.05) is 48.5 Å². The number of hydrogen-bond donors (Lipinski definition) is 3. The van der Waals surface area contributed by atoms with Crippen molar-refractivity contribution in [3.8, 4) is 11.1 Å². The molecule has 2 aromatic rings. The van der Waals surface area contributed by atoms with E-state index in [0.717, 1.165) is 12.8 Å². The summed E-state index contributed by atoms with van der Waals surface area (Å²) in [4.78, 5) is 36.4. The van der Waals surface area contributed by atoms with Crippen molar-refractivity contribution in [2.75, 3.05) is 6.61 Å². The largest absolute Gasteiger partial charge is 0.480 e. The first-order valence-electron chi connectivity index (χ1n) is 12.0. The van der Waals surface area contributed by atoms with Crippen molar-refractivity contribution in [1.82, 2.24) is 10.6 Å². The minimum atomic E-state index is -1.18. The molecule has 0 aromatic heterocycles. The number of amides is 2. The van der Waals surface area contributed by atoms with E-state index in [2.05, 4.69) is 34.9 Å². The van der Waals surface area contributed by atoms with Gasteiger partial charge in [0.15, 0.2) is 0 Å². The maximum Gasteiger partial charge on any atom is 0.407 e. The van der Waals surface area contributed by atoms with Gasteiger partial charge in [0, 0.05) is 18.4 Å². The molecule has 3 aliphatic carbocycles. The lowest BCUT2D eigenvalue weighted by molar-refractivity contribution is -0.148. The molecule has 7 heteroatoms. The van der Waals surface area contributed by atoms with Crippen molar-refractivity contribution in [1.29, 1.82) is 0 Å². The van der Waals surface area contributed by atoms with E-state index in [1.807, 2.05) is 24.3 Å². The summed E-state index contributed by atoms with van der Waals surface area (Å²) in [7, 11) is 0. The van der Waals surface area contributed by atoms with Crippen molar-refractivity contribution >= 4 is 18.0 Å². The second kappa shape index (κ2) is 8.78. The average Bonchev–Trinajstić information content (AvgIpc) is 3.60. The van der Waals surface area contributed by atoms with Crippen LogP contribution in [0.25, 0.3) is 11.1 Å². The van der Waals surface area contributed by atoms with Gasteiger partial charge in [0.1, 0.15) is 12.1 Å². The Bertz CT molecular complexity index is 1080. The van der Waals surface area contributed by atoms with Crippen LogP contribution in [-0.4, -0.2) is 41.3 Å². The molecule has 0 spiro atoms. The van der Waals surface area contributed by atoms with E-state index < -0.39 is 17.6 Å². The fourth-order valence-electron chi connectivity index (χ4n) is 5.42. The number of carbonyl (C=O) groups is 3. The first-order valence-corrected chi connectivity index (χ1v) is 12.0. The van der Waals surface area contributed by atoms with E-state index in [-0.39, 0.29) is 42.7 Å². The Morgan fingerprint density at radius 3 is 2.15 bits per heavy atom. The molecule has 2 fully saturated rings. The monoisotopic (exact) mass is 462 g/mol. The normalized spacial score (nSPS) is 22.5. The summed E-state index contributed by atoms with van der Waals surface area (Å²) >= 11 is 0. The molecule has 2 amide bonds. The van der Waals surface area contributed by atoms with E-state index in [4.69, 9.17) is 4.74 Å². The van der Waals surface area contributed by atoms with Crippen LogP contribution in [0.2, 0.25) is 0 Å². The fraction of sp³-hybridized carbons (Fsp3) is 0.444. The molecule has 0 aliphatic heterocycles. The molecule has 0 heterocycles. The molecule has 3 aliphatic rings. The smallest absolute Gasteiger partial charge is 0.407 e. The Morgan fingerprint density at radius 2 is 1.59 bits per heavy atom. The number of aliphatic carboxylic acids is 1. The third kappa shape index (κ3) is 4.27. The van der Waals surface area contributed by atoms with E-state index in [0.29, 0.717) is 12.8 Å². The van der Waals surface area contributed by atoms with Crippen LogP contribution in [0.15, 0.2) is 48.5 Å². The highest BCUT2D eigenvalue weighted by molar-refractivity contribution is 5.87. The summed E-state index contributed by atoms with van der Waals surface area (Å²) in [5.41, 5.74) is 3.54. The molecule has 0 radical (unpaired) electrons. The Hall–Kier alpha value is -3.35. The van der Waals surface area contributed by atoms with Gasteiger partial charge in [-0.25, -0.2) is 9.59 Å². The predicted octanol–water partition coefficient (Wildman–Crippen LogP) is 4.06. The van der Waals surface area contributed by atoms with Crippen LogP contribution in [0.5, 0.6) is 0 Å². The van der Waals surface area contributed by atoms with Crippen molar-refractivity contribution in [2.45, 2.75) is 56.5 Å². The highest BCUT2D eigenvalue weighted by Crippen LogP contribution is 2.44. The second-order valence-corrected chi connectivity index (χ2v) is 10.0. The number of ether oxygens (including phenoxy) is 1. The molecule has 1 atom stereocenters. The van der Waals surface area contributed by atoms with Crippen LogP contribution >= 0.6 is 0 Å². The Balaban J connectivity index is 1.08. The first-order chi connectivity index (χ1) is 16.3. The lowest BCUT2D eigenvalue weighted by Gasteiger charge is -2.36. The average molecular weight is 463 g/mol. The number of nitrogens with one attached hydrogen (secondary N) is 2. The summed E-state index contributed by atoms with van der Waals surface area (Å²) in [5, 5.41) is 15.1. The van der Waals surface area contributed by atoms with Crippen LogP contribution in [0.1, 0.15) is 56.1 Å². The minimum Gasteiger partial charge on any atom is -0.480 e. The van der Waals surface area contributed by atoms with Gasteiger partial charge in [-0.05, 0) is 66.7 Å². The van der Waals surface area contributed by atoms with E-state index in [1.54, 1.807) is 6.92 Å². The molecule has 0 bridgehead atoms. The molecule has 5 rings (SSSR count). The number of carboxylic acids is 1. The number of carboxylic acid groups (broad SMARTS) is 1. The number of carbonyl (C=O) groups excluding carboxylic acids is 2. The highest BCUT2D eigenvalue weighted by atomic mass is 16.5. The second-order valence-electron chi connectivity index (χ2n) is 10.0. The minimum absolute atomic E-state index is 0.0123. The van der Waals surface area contributed by atoms with Crippen LogP contribution < -0.4 is 10.6 Å². The predicted molar refractivity (Wildman–Crippen MR) is 126 cm³/mol. The third-order valence-corrected chi connectivity index (χ3v) is 7.61. The standard InChI is InChI=1S/C27H30N2O5/c1-27(25(31)32,17-10-11-17)29-24(30)14-16-12-18(13-16)28-26(33)34-15-23-21-8-4-2-6-19(21)20-7-3-5-9-22(20)23/h2-9,16-18,23H,10-15H2,1H3,(H,28,33)(H,29,30)(H,31,32). The highest BCUT2D eigenvalue weighted by Gasteiger charge is 2.48. The molecule has 0 saturated heterocycles. The fourth-order valence-corrected chi connectivity index (χ4v) is 5.42. The molecule has 34 heavy (non-hydrogen) atoms. The Kier molecular flexibility index (Phi) is 5.80. The molecule has 7 nitrogen and oxygen atoms in total. The number of fused-ring (bicyclic) bond motifs is 3. The van der Waals surface area contributed by atoms with Gasteiger partial charge in [-0.3, -0.25) is 4.79 Å². The molecular weight excluding hydrogens is 432 g/mol. The third-order valence-electron chi connectivity index (χ3n) is 7.61. The van der Waals surface area contributed by atoms with Gasteiger partial charge in [0.05, 0.1) is 0 Å². The van der Waals surface area contributed by atoms with Crippen LogP contribution in [0, 0.1) is 11.8 Å². The van der Waals surface area contributed by atoms with Crippen LogP contribution in [0.3, 0.4) is 0 Å². The van der Waals surface area contributed by atoms with Crippen molar-refractivity contribution in [2.24, 2.45) is 11.8 Å². The van der Waals surface area contributed by atoms with E-state index >= 15 is 0 Å². The summed E-state index contributed by atoms with van der Waals surface area (Å²) in [6, 6.07) is 16.4. The quantitative estimate of drug-likeness (QED) is 0.549. The summed E-state index contributed by atoms with van der Waals surface area (Å²) < 4.78 is 5.59. The number of alkyl carbamates (subject to hydrolysis) is 1. The summed E-state index contributed by atoms with van der Waals surface area (Å²) in [5.74, 6) is -1.05. The van der Waals surface area contributed by atoms with Gasteiger partial charge in [-0.15, -0.1) is 0 Å². The maximum atomic E-state index is 12.4. The topological polar surface area (TPSA) is 105 Å². The van der Waals surface area contributed by atoms with Crippen molar-refractivity contribution < 1.29 is 24.2 Å². The molecule has 2 saturated carbocycles. The lowest BCUT2D eigenvalue weighted by atomic mass is 9.78. The Labute approximate surface area is 198 Å². The van der Waals surface area contributed by atoms with Crippen molar-refractivity contribution in [3.05, 3.63) is 59.7 Å². The van der Waals surface area contributed by atoms with Crippen molar-refractivity contribution in [3.63, 3.8) is 0 Å². The molecule has 178 valence electrons. The number of rotatable bonds is 8. The first kappa shape index (κ1) is 22.4. The summed E-state index contributed by atoms with van der Waals surface area (Å²) in [6.07, 6.45) is 2.87. The van der Waals surface area contributed by atoms with Gasteiger partial charge in [-0.2, -0.15) is 0 Å². The SMILES string of the molecule is CC(NC(=O)CC1CC(NC(=O)OCC2c3ccccc3-c3ccccc32)C1)(C(=O)O)C1CC1. The maximum absolute atomic E-state index is 12.4. The summed E-state index contributed by atoms with van der Waals surface area (Å²) in [6.45, 7) is 1.86. The van der Waals surface area contributed by atoms with Gasteiger partial charge >= 0.3 is 12.1 Å². The molecular formula is C27H30N2O5. The Morgan fingerprint density at radius 1 is 1.00 bits per heavy atom. The zero-order chi connectivity index (χ0) is 23.9. The van der Waals surface area contributed by atoms with E-state index in [1.165, 1.54) is 22.3 Å². The van der Waals surface area contributed by atoms with Crippen LogP contribution in [0.4, 0.5) is 4.79 Å². The molecule has 1 unspecified atom stereocenters. The van der Waals surface area contributed by atoms with Gasteiger partial charge < -0.3 is 20.5 Å². The zero-order valence-corrected chi connectivity index (χ0v) is 19.3. The van der Waals surface area contributed by atoms with Gasteiger partial charge in [0.25, 0.3) is 0 Å². The number of benzene rings is 2. The van der Waals surface area contributed by atoms with E-state index in [9.17, 15) is 19.5 Å². The zero-order valence-electron chi connectivity index (χ0n) is 19.3. The van der Waals surface area contributed by atoms with Crippen LogP contribution in [-0.2, 0) is 14.3 Å². The molecule has 3 N–H and O–H groups in total.